The van der Waals surface area contributed by atoms with Gasteiger partial charge in [-0.2, -0.15) is 0 Å². The summed E-state index contributed by atoms with van der Waals surface area (Å²) in [6.07, 6.45) is 0. The average molecular weight is 367 g/mol. The molecular formula is C18H14FN5OS. The second-order valence-corrected chi connectivity index (χ2v) is 6.34. The zero-order valence-electron chi connectivity index (χ0n) is 13.5. The summed E-state index contributed by atoms with van der Waals surface area (Å²) < 4.78 is 12.9. The summed E-state index contributed by atoms with van der Waals surface area (Å²) in [5.74, 6) is 0.390. The van der Waals surface area contributed by atoms with Crippen molar-refractivity contribution in [3.8, 4) is 11.5 Å². The molecule has 0 atom stereocenters. The van der Waals surface area contributed by atoms with E-state index in [0.29, 0.717) is 18.1 Å². The summed E-state index contributed by atoms with van der Waals surface area (Å²) in [5.41, 5.74) is 5.59. The molecule has 2 amide bonds. The summed E-state index contributed by atoms with van der Waals surface area (Å²) in [6.45, 7) is 0.310. The van der Waals surface area contributed by atoms with Gasteiger partial charge in [0.05, 0.1) is 16.5 Å². The largest absolute Gasteiger partial charge is 0.337 e. The van der Waals surface area contributed by atoms with Crippen LogP contribution in [0.25, 0.3) is 22.6 Å². The summed E-state index contributed by atoms with van der Waals surface area (Å²) >= 11 is 1.50. The summed E-state index contributed by atoms with van der Waals surface area (Å²) in [4.78, 5) is 24.0. The van der Waals surface area contributed by atoms with Gasteiger partial charge in [0, 0.05) is 17.6 Å². The van der Waals surface area contributed by atoms with Crippen LogP contribution < -0.4 is 10.6 Å². The zero-order chi connectivity index (χ0) is 17.9. The van der Waals surface area contributed by atoms with Crippen molar-refractivity contribution in [1.82, 2.24) is 20.3 Å². The Morgan fingerprint density at radius 3 is 2.81 bits per heavy atom. The third-order valence-corrected chi connectivity index (χ3v) is 4.37. The standard InChI is InChI=1S/C18H14FN5OS/c19-12-3-1-11(2-4-12)8-20-18(25)22-13-5-6-14-15(7-13)24-17(23-14)16-9-26-10-21-16/h1-7,9-10H,8H2,(H,23,24)(H2,20,22,25). The van der Waals surface area contributed by atoms with Gasteiger partial charge in [0.1, 0.15) is 11.5 Å². The lowest BCUT2D eigenvalue weighted by molar-refractivity contribution is 0.251. The molecule has 0 radical (unpaired) electrons. The highest BCUT2D eigenvalue weighted by Gasteiger charge is 2.09. The zero-order valence-corrected chi connectivity index (χ0v) is 14.3. The van der Waals surface area contributed by atoms with E-state index in [1.807, 2.05) is 11.4 Å². The SMILES string of the molecule is O=C(NCc1ccc(F)cc1)Nc1ccc2[nH]c(-c3cscn3)nc2c1. The molecule has 0 aliphatic heterocycles. The van der Waals surface area contributed by atoms with Crippen LogP contribution in [-0.4, -0.2) is 21.0 Å². The molecule has 26 heavy (non-hydrogen) atoms. The van der Waals surface area contributed by atoms with E-state index in [1.54, 1.807) is 29.8 Å². The number of rotatable bonds is 4. The molecule has 0 unspecified atom stereocenters. The number of anilines is 1. The van der Waals surface area contributed by atoms with E-state index in [9.17, 15) is 9.18 Å². The highest BCUT2D eigenvalue weighted by atomic mass is 32.1. The van der Waals surface area contributed by atoms with Crippen LogP contribution in [0.4, 0.5) is 14.9 Å². The molecular weight excluding hydrogens is 353 g/mol. The first-order valence-corrected chi connectivity index (χ1v) is 8.79. The molecule has 0 aliphatic rings. The predicted molar refractivity (Wildman–Crippen MR) is 99.5 cm³/mol. The van der Waals surface area contributed by atoms with Gasteiger partial charge in [-0.3, -0.25) is 0 Å². The number of nitrogens with zero attached hydrogens (tertiary/aromatic N) is 2. The minimum absolute atomic E-state index is 0.303. The fourth-order valence-electron chi connectivity index (χ4n) is 2.49. The summed E-state index contributed by atoms with van der Waals surface area (Å²) in [6, 6.07) is 11.1. The number of carbonyl (C=O) groups is 1. The number of hydrogen-bond acceptors (Lipinski definition) is 4. The monoisotopic (exact) mass is 367 g/mol. The predicted octanol–water partition coefficient (Wildman–Crippen LogP) is 4.15. The van der Waals surface area contributed by atoms with Gasteiger partial charge in [-0.05, 0) is 35.9 Å². The van der Waals surface area contributed by atoms with Gasteiger partial charge >= 0.3 is 6.03 Å². The van der Waals surface area contributed by atoms with Gasteiger partial charge in [-0.25, -0.2) is 19.2 Å². The van der Waals surface area contributed by atoms with E-state index in [1.165, 1.54) is 23.5 Å². The minimum atomic E-state index is -0.344. The molecule has 4 rings (SSSR count). The van der Waals surface area contributed by atoms with Crippen LogP contribution >= 0.6 is 11.3 Å². The van der Waals surface area contributed by atoms with Crippen molar-refractivity contribution in [2.45, 2.75) is 6.54 Å². The Morgan fingerprint density at radius 2 is 2.04 bits per heavy atom. The molecule has 0 spiro atoms. The topological polar surface area (TPSA) is 82.7 Å². The first-order chi connectivity index (χ1) is 12.7. The molecule has 0 fully saturated rings. The second kappa shape index (κ2) is 6.93. The number of halogens is 1. The third kappa shape index (κ3) is 3.55. The van der Waals surface area contributed by atoms with Gasteiger partial charge < -0.3 is 15.6 Å². The number of benzene rings is 2. The highest BCUT2D eigenvalue weighted by molar-refractivity contribution is 7.07. The van der Waals surface area contributed by atoms with Crippen molar-refractivity contribution in [3.63, 3.8) is 0 Å². The molecule has 4 aromatic rings. The molecule has 3 N–H and O–H groups in total. The fraction of sp³-hybridized carbons (Fsp3) is 0.0556. The maximum Gasteiger partial charge on any atom is 0.319 e. The molecule has 130 valence electrons. The lowest BCUT2D eigenvalue weighted by Crippen LogP contribution is -2.28. The minimum Gasteiger partial charge on any atom is -0.337 e. The molecule has 2 heterocycles. The smallest absolute Gasteiger partial charge is 0.319 e. The molecule has 6 nitrogen and oxygen atoms in total. The normalized spacial score (nSPS) is 10.8. The summed E-state index contributed by atoms with van der Waals surface area (Å²) in [7, 11) is 0. The van der Waals surface area contributed by atoms with Gasteiger partial charge in [-0.1, -0.05) is 12.1 Å². The number of imidazole rings is 1. The van der Waals surface area contributed by atoms with Crippen molar-refractivity contribution in [1.29, 1.82) is 0 Å². The quantitative estimate of drug-likeness (QED) is 0.507. The van der Waals surface area contributed by atoms with E-state index in [4.69, 9.17) is 0 Å². The van der Waals surface area contributed by atoms with Crippen LogP contribution in [0, 0.1) is 5.82 Å². The maximum atomic E-state index is 12.9. The number of carbonyl (C=O) groups excluding carboxylic acids is 1. The first-order valence-electron chi connectivity index (χ1n) is 7.85. The van der Waals surface area contributed by atoms with Crippen molar-refractivity contribution < 1.29 is 9.18 Å². The van der Waals surface area contributed by atoms with Gasteiger partial charge in [0.2, 0.25) is 0 Å². The molecule has 0 saturated carbocycles. The third-order valence-electron chi connectivity index (χ3n) is 3.78. The van der Waals surface area contributed by atoms with Crippen LogP contribution in [0.15, 0.2) is 53.4 Å². The second-order valence-electron chi connectivity index (χ2n) is 5.63. The Morgan fingerprint density at radius 1 is 1.19 bits per heavy atom. The lowest BCUT2D eigenvalue weighted by Gasteiger charge is -2.07. The van der Waals surface area contributed by atoms with E-state index in [0.717, 1.165) is 22.3 Å². The number of thiazole rings is 1. The van der Waals surface area contributed by atoms with E-state index in [-0.39, 0.29) is 11.8 Å². The molecule has 8 heteroatoms. The van der Waals surface area contributed by atoms with Crippen molar-refractivity contribution in [2.24, 2.45) is 0 Å². The highest BCUT2D eigenvalue weighted by Crippen LogP contribution is 2.22. The number of urea groups is 1. The van der Waals surface area contributed by atoms with E-state index < -0.39 is 0 Å². The Balaban J connectivity index is 1.43. The van der Waals surface area contributed by atoms with Gasteiger partial charge in [-0.15, -0.1) is 11.3 Å². The number of amides is 2. The van der Waals surface area contributed by atoms with E-state index in [2.05, 4.69) is 25.6 Å². The van der Waals surface area contributed by atoms with Gasteiger partial charge in [0.25, 0.3) is 0 Å². The van der Waals surface area contributed by atoms with Crippen molar-refractivity contribution in [2.75, 3.05) is 5.32 Å². The van der Waals surface area contributed by atoms with E-state index >= 15 is 0 Å². The number of aromatic nitrogens is 3. The molecule has 2 aromatic heterocycles. The Kier molecular flexibility index (Phi) is 4.32. The lowest BCUT2D eigenvalue weighted by atomic mass is 10.2. The molecule has 0 aliphatic carbocycles. The number of aromatic amines is 1. The number of H-pyrrole nitrogens is 1. The number of fused-ring (bicyclic) bond motifs is 1. The molecule has 2 aromatic carbocycles. The first kappa shape index (κ1) is 16.2. The Bertz CT molecular complexity index is 1040. The molecule has 0 bridgehead atoms. The van der Waals surface area contributed by atoms with Crippen LogP contribution in [0.2, 0.25) is 0 Å². The number of hydrogen-bond donors (Lipinski definition) is 3. The molecule has 0 saturated heterocycles. The maximum absolute atomic E-state index is 12.9. The fourth-order valence-corrected chi connectivity index (χ4v) is 3.03. The summed E-state index contributed by atoms with van der Waals surface area (Å²) in [5, 5.41) is 7.42. The Hall–Kier alpha value is -3.26. The van der Waals surface area contributed by atoms with Crippen LogP contribution in [0.3, 0.4) is 0 Å². The van der Waals surface area contributed by atoms with Crippen molar-refractivity contribution in [3.05, 3.63) is 64.7 Å². The number of nitrogens with one attached hydrogen (secondary N) is 3. The van der Waals surface area contributed by atoms with Crippen LogP contribution in [0.5, 0.6) is 0 Å². The van der Waals surface area contributed by atoms with Crippen LogP contribution in [-0.2, 0) is 6.54 Å². The Labute approximate surface area is 152 Å². The van der Waals surface area contributed by atoms with Gasteiger partial charge in [0.15, 0.2) is 5.82 Å². The van der Waals surface area contributed by atoms with Crippen LogP contribution in [0.1, 0.15) is 5.56 Å². The average Bonchev–Trinajstić information content (AvgIpc) is 3.30. The van der Waals surface area contributed by atoms with Crippen molar-refractivity contribution >= 4 is 34.1 Å².